The monoisotopic (exact) mass is 337 g/mol. The molecule has 8 nitrogen and oxygen atoms in total. The van der Waals surface area contributed by atoms with Gasteiger partial charge in [0.05, 0.1) is 11.7 Å². The number of H-pyrrole nitrogens is 1. The Morgan fingerprint density at radius 1 is 1.16 bits per heavy atom. The molecular weight excluding hydrogens is 318 g/mol. The molecule has 8 heteroatoms. The van der Waals surface area contributed by atoms with Crippen molar-refractivity contribution in [3.63, 3.8) is 0 Å². The topological polar surface area (TPSA) is 90.0 Å². The highest BCUT2D eigenvalue weighted by molar-refractivity contribution is 6.04. The number of anilines is 2. The fourth-order valence-electron chi connectivity index (χ4n) is 2.89. The number of rotatable bonds is 3. The van der Waals surface area contributed by atoms with Gasteiger partial charge in [0.15, 0.2) is 0 Å². The van der Waals surface area contributed by atoms with Crippen molar-refractivity contribution in [2.24, 2.45) is 0 Å². The zero-order valence-corrected chi connectivity index (χ0v) is 13.9. The number of aromatic nitrogens is 4. The molecule has 0 atom stereocenters. The molecule has 0 unspecified atom stereocenters. The van der Waals surface area contributed by atoms with E-state index in [9.17, 15) is 4.79 Å². The zero-order chi connectivity index (χ0) is 17.2. The third-order valence-corrected chi connectivity index (χ3v) is 4.41. The van der Waals surface area contributed by atoms with E-state index in [4.69, 9.17) is 0 Å². The predicted molar refractivity (Wildman–Crippen MR) is 95.8 cm³/mol. The Kier molecular flexibility index (Phi) is 4.02. The lowest BCUT2D eigenvalue weighted by Crippen LogP contribution is -2.44. The molecule has 1 aliphatic rings. The molecule has 0 spiro atoms. The summed E-state index contributed by atoms with van der Waals surface area (Å²) in [6.45, 7) is 3.75. The molecule has 3 heterocycles. The second-order valence-electron chi connectivity index (χ2n) is 6.18. The van der Waals surface area contributed by atoms with Crippen molar-refractivity contribution >= 4 is 28.3 Å². The highest BCUT2D eigenvalue weighted by Gasteiger charge is 2.17. The van der Waals surface area contributed by atoms with Gasteiger partial charge in [-0.2, -0.15) is 5.10 Å². The van der Waals surface area contributed by atoms with E-state index >= 15 is 0 Å². The molecule has 4 rings (SSSR count). The van der Waals surface area contributed by atoms with Gasteiger partial charge in [0, 0.05) is 43.3 Å². The van der Waals surface area contributed by atoms with Crippen LogP contribution in [0.1, 0.15) is 10.5 Å². The van der Waals surface area contributed by atoms with Crippen LogP contribution in [0.3, 0.4) is 0 Å². The van der Waals surface area contributed by atoms with Crippen LogP contribution >= 0.6 is 0 Å². The van der Waals surface area contributed by atoms with Gasteiger partial charge in [0.25, 0.3) is 5.91 Å². The quantitative estimate of drug-likeness (QED) is 0.750. The molecular formula is C17H19N7O. The molecule has 3 aromatic rings. The standard InChI is InChI=1S/C17H19N7O/c1-23-4-6-24(7-5-23)16-9-15(18-11-19-16)17(25)21-13-3-2-12-10-20-22-14(12)8-13/h2-3,8-11H,4-7H2,1H3,(H,20,22)(H,21,25). The van der Waals surface area contributed by atoms with Gasteiger partial charge in [-0.15, -0.1) is 0 Å². The first-order valence-electron chi connectivity index (χ1n) is 8.19. The molecule has 0 saturated carbocycles. The first-order valence-corrected chi connectivity index (χ1v) is 8.19. The number of carbonyl (C=O) groups is 1. The summed E-state index contributed by atoms with van der Waals surface area (Å²) in [5.41, 5.74) is 1.92. The van der Waals surface area contributed by atoms with Gasteiger partial charge in [-0.25, -0.2) is 9.97 Å². The summed E-state index contributed by atoms with van der Waals surface area (Å²) in [7, 11) is 2.10. The van der Waals surface area contributed by atoms with Crippen LogP contribution in [0.5, 0.6) is 0 Å². The van der Waals surface area contributed by atoms with Crippen molar-refractivity contribution in [1.29, 1.82) is 0 Å². The molecule has 1 aromatic carbocycles. The van der Waals surface area contributed by atoms with E-state index in [1.807, 2.05) is 18.2 Å². The average molecular weight is 337 g/mol. The summed E-state index contributed by atoms with van der Waals surface area (Å²) < 4.78 is 0. The second kappa shape index (κ2) is 6.48. The van der Waals surface area contributed by atoms with Crippen molar-refractivity contribution in [3.05, 3.63) is 42.5 Å². The Morgan fingerprint density at radius 3 is 2.84 bits per heavy atom. The highest BCUT2D eigenvalue weighted by atomic mass is 16.1. The van der Waals surface area contributed by atoms with E-state index in [0.29, 0.717) is 11.4 Å². The molecule has 1 aliphatic heterocycles. The fourth-order valence-corrected chi connectivity index (χ4v) is 2.89. The molecule has 0 aliphatic carbocycles. The third kappa shape index (κ3) is 3.29. The van der Waals surface area contributed by atoms with Crippen LogP contribution < -0.4 is 10.2 Å². The van der Waals surface area contributed by atoms with Crippen molar-refractivity contribution in [2.45, 2.75) is 0 Å². The number of piperazine rings is 1. The lowest BCUT2D eigenvalue weighted by atomic mass is 10.2. The number of aromatic amines is 1. The Bertz CT molecular complexity index is 899. The van der Waals surface area contributed by atoms with Crippen LogP contribution in [0.4, 0.5) is 11.5 Å². The van der Waals surface area contributed by atoms with E-state index in [0.717, 1.165) is 42.9 Å². The number of nitrogens with one attached hydrogen (secondary N) is 2. The van der Waals surface area contributed by atoms with E-state index in [2.05, 4.69) is 42.3 Å². The minimum absolute atomic E-state index is 0.253. The largest absolute Gasteiger partial charge is 0.354 e. The number of likely N-dealkylation sites (N-methyl/N-ethyl adjacent to an activating group) is 1. The molecule has 0 radical (unpaired) electrons. The van der Waals surface area contributed by atoms with Crippen molar-refractivity contribution in [3.8, 4) is 0 Å². The van der Waals surface area contributed by atoms with Gasteiger partial charge in [0.2, 0.25) is 0 Å². The number of benzene rings is 1. The molecule has 1 saturated heterocycles. The molecule has 25 heavy (non-hydrogen) atoms. The third-order valence-electron chi connectivity index (χ3n) is 4.41. The number of amides is 1. The van der Waals surface area contributed by atoms with Gasteiger partial charge < -0.3 is 15.1 Å². The lowest BCUT2D eigenvalue weighted by Gasteiger charge is -2.33. The maximum Gasteiger partial charge on any atom is 0.274 e. The van der Waals surface area contributed by atoms with Crippen molar-refractivity contribution in [2.75, 3.05) is 43.4 Å². The van der Waals surface area contributed by atoms with Gasteiger partial charge in [-0.3, -0.25) is 9.89 Å². The Balaban J connectivity index is 1.50. The van der Waals surface area contributed by atoms with Crippen LogP contribution in [0, 0.1) is 0 Å². The number of carbonyl (C=O) groups excluding carboxylic acids is 1. The minimum Gasteiger partial charge on any atom is -0.354 e. The molecule has 1 amide bonds. The lowest BCUT2D eigenvalue weighted by molar-refractivity contribution is 0.102. The van der Waals surface area contributed by atoms with Crippen molar-refractivity contribution in [1.82, 2.24) is 25.1 Å². The smallest absolute Gasteiger partial charge is 0.274 e. The van der Waals surface area contributed by atoms with Crippen LogP contribution in [0.2, 0.25) is 0 Å². The molecule has 1 fully saturated rings. The number of fused-ring (bicyclic) bond motifs is 1. The highest BCUT2D eigenvalue weighted by Crippen LogP contribution is 2.18. The summed E-state index contributed by atoms with van der Waals surface area (Å²) in [5, 5.41) is 10.7. The van der Waals surface area contributed by atoms with Crippen LogP contribution in [-0.2, 0) is 0 Å². The number of nitrogens with zero attached hydrogens (tertiary/aromatic N) is 5. The SMILES string of the molecule is CN1CCN(c2cc(C(=O)Nc3ccc4cn[nH]c4c3)ncn2)CC1. The fraction of sp³-hybridized carbons (Fsp3) is 0.294. The van der Waals surface area contributed by atoms with Crippen molar-refractivity contribution < 1.29 is 4.79 Å². The van der Waals surface area contributed by atoms with Gasteiger partial charge in [-0.05, 0) is 25.2 Å². The van der Waals surface area contributed by atoms with Gasteiger partial charge >= 0.3 is 0 Å². The summed E-state index contributed by atoms with van der Waals surface area (Å²) >= 11 is 0. The van der Waals surface area contributed by atoms with Crippen LogP contribution in [0.15, 0.2) is 36.8 Å². The molecule has 0 bridgehead atoms. The summed E-state index contributed by atoms with van der Waals surface area (Å²) in [6.07, 6.45) is 3.19. The van der Waals surface area contributed by atoms with Gasteiger partial charge in [-0.1, -0.05) is 0 Å². The normalized spacial score (nSPS) is 15.5. The van der Waals surface area contributed by atoms with E-state index in [1.165, 1.54) is 6.33 Å². The van der Waals surface area contributed by atoms with Crippen LogP contribution in [0.25, 0.3) is 10.9 Å². The number of hydrogen-bond donors (Lipinski definition) is 2. The second-order valence-corrected chi connectivity index (χ2v) is 6.18. The van der Waals surface area contributed by atoms with E-state index in [1.54, 1.807) is 12.3 Å². The number of hydrogen-bond acceptors (Lipinski definition) is 6. The molecule has 2 aromatic heterocycles. The van der Waals surface area contributed by atoms with Crippen LogP contribution in [-0.4, -0.2) is 64.2 Å². The maximum absolute atomic E-state index is 12.5. The Hall–Kier alpha value is -3.00. The predicted octanol–water partition coefficient (Wildman–Crippen LogP) is 1.36. The first-order chi connectivity index (χ1) is 12.2. The summed E-state index contributed by atoms with van der Waals surface area (Å²) in [6, 6.07) is 7.35. The maximum atomic E-state index is 12.5. The van der Waals surface area contributed by atoms with E-state index in [-0.39, 0.29) is 5.91 Å². The summed E-state index contributed by atoms with van der Waals surface area (Å²) in [4.78, 5) is 25.4. The summed E-state index contributed by atoms with van der Waals surface area (Å²) in [5.74, 6) is 0.536. The Morgan fingerprint density at radius 2 is 2.00 bits per heavy atom. The van der Waals surface area contributed by atoms with E-state index < -0.39 is 0 Å². The zero-order valence-electron chi connectivity index (χ0n) is 13.9. The van der Waals surface area contributed by atoms with Gasteiger partial charge in [0.1, 0.15) is 17.8 Å². The minimum atomic E-state index is -0.253. The molecule has 2 N–H and O–H groups in total. The molecule has 128 valence electrons. The average Bonchev–Trinajstić information content (AvgIpc) is 3.10. The first kappa shape index (κ1) is 15.5. The Labute approximate surface area is 144 Å².